The van der Waals surface area contributed by atoms with E-state index in [-0.39, 0.29) is 11.9 Å². The van der Waals surface area contributed by atoms with Gasteiger partial charge in [-0.1, -0.05) is 12.1 Å². The summed E-state index contributed by atoms with van der Waals surface area (Å²) in [4.78, 5) is 14.7. The van der Waals surface area contributed by atoms with Crippen LogP contribution in [0.1, 0.15) is 46.7 Å². The molecule has 0 aliphatic carbocycles. The maximum Gasteiger partial charge on any atom is 0.253 e. The van der Waals surface area contributed by atoms with Crippen molar-refractivity contribution in [3.05, 3.63) is 35.4 Å². The molecule has 1 aromatic carbocycles. The lowest BCUT2D eigenvalue weighted by atomic mass is 9.92. The second-order valence-electron chi connectivity index (χ2n) is 6.56. The Bertz CT molecular complexity index is 526. The Hall–Kier alpha value is -0.650. The number of nitrogens with two attached hydrogens (primary N) is 1. The molecule has 0 spiro atoms. The van der Waals surface area contributed by atoms with E-state index in [0.29, 0.717) is 10.5 Å². The van der Waals surface area contributed by atoms with Gasteiger partial charge in [-0.3, -0.25) is 4.79 Å². The molecule has 1 aromatic rings. The highest BCUT2D eigenvalue weighted by molar-refractivity contribution is 8.16. The first-order valence-electron chi connectivity index (χ1n) is 8.53. The van der Waals surface area contributed by atoms with Gasteiger partial charge in [0.2, 0.25) is 0 Å². The lowest BCUT2D eigenvalue weighted by Crippen LogP contribution is -2.45. The lowest BCUT2D eigenvalue weighted by Gasteiger charge is -2.34. The van der Waals surface area contributed by atoms with Gasteiger partial charge in [-0.25, -0.2) is 0 Å². The van der Waals surface area contributed by atoms with Gasteiger partial charge in [-0.05, 0) is 61.3 Å². The van der Waals surface area contributed by atoms with Gasteiger partial charge in [0.15, 0.2) is 0 Å². The van der Waals surface area contributed by atoms with Gasteiger partial charge in [0.1, 0.15) is 0 Å². The molecule has 2 aliphatic heterocycles. The maximum atomic E-state index is 12.7. The fourth-order valence-corrected chi connectivity index (χ4v) is 6.16. The Balaban J connectivity index is 1.65. The molecular weight excluding hydrogens is 324 g/mol. The Morgan fingerprint density at radius 1 is 1.22 bits per heavy atom. The molecule has 1 amide bonds. The molecule has 2 fully saturated rings. The molecule has 2 N–H and O–H groups in total. The number of nitrogens with zero attached hydrogens (tertiary/aromatic N) is 1. The minimum Gasteiger partial charge on any atom is -0.338 e. The summed E-state index contributed by atoms with van der Waals surface area (Å²) < 4.78 is 0.533. The van der Waals surface area contributed by atoms with Crippen LogP contribution >= 0.6 is 23.5 Å². The summed E-state index contributed by atoms with van der Waals surface area (Å²) in [5, 5.41) is 0. The summed E-state index contributed by atoms with van der Waals surface area (Å²) in [5.41, 5.74) is 8.17. The molecule has 0 radical (unpaired) electrons. The zero-order chi connectivity index (χ0) is 16.2. The third-order valence-corrected chi connectivity index (χ3v) is 7.76. The van der Waals surface area contributed by atoms with E-state index in [1.807, 2.05) is 47.5 Å². The van der Waals surface area contributed by atoms with Gasteiger partial charge in [-0.15, -0.1) is 23.5 Å². The second-order valence-corrected chi connectivity index (χ2v) is 9.29. The standard InChI is InChI=1S/C18H26N2OS2/c1-13(19)16-4-2-9-20(12-16)17(21)14-5-7-15(8-6-14)18-22-10-3-11-23-18/h5-8,13,16,18H,2-4,9-12,19H2,1H3. The highest BCUT2D eigenvalue weighted by Gasteiger charge is 2.26. The van der Waals surface area contributed by atoms with E-state index in [9.17, 15) is 4.79 Å². The molecule has 5 heteroatoms. The highest BCUT2D eigenvalue weighted by atomic mass is 32.2. The van der Waals surface area contributed by atoms with Crippen molar-refractivity contribution in [3.63, 3.8) is 0 Å². The molecule has 0 saturated carbocycles. The van der Waals surface area contributed by atoms with Crippen molar-refractivity contribution < 1.29 is 4.79 Å². The molecule has 126 valence electrons. The summed E-state index contributed by atoms with van der Waals surface area (Å²) in [6.45, 7) is 3.71. The molecule has 2 saturated heterocycles. The Kier molecular flexibility index (Phi) is 5.94. The first-order chi connectivity index (χ1) is 11.1. The van der Waals surface area contributed by atoms with Crippen molar-refractivity contribution >= 4 is 29.4 Å². The van der Waals surface area contributed by atoms with Crippen molar-refractivity contribution in [1.82, 2.24) is 4.90 Å². The minimum absolute atomic E-state index is 0.158. The fraction of sp³-hybridized carbons (Fsp3) is 0.611. The number of thioether (sulfide) groups is 2. The van der Waals surface area contributed by atoms with Crippen LogP contribution in [0.25, 0.3) is 0 Å². The summed E-state index contributed by atoms with van der Waals surface area (Å²) in [6, 6.07) is 8.44. The average Bonchev–Trinajstić information content (AvgIpc) is 2.62. The summed E-state index contributed by atoms with van der Waals surface area (Å²) in [5.74, 6) is 3.07. The number of amides is 1. The van der Waals surface area contributed by atoms with Crippen molar-refractivity contribution in [3.8, 4) is 0 Å². The van der Waals surface area contributed by atoms with Gasteiger partial charge in [-0.2, -0.15) is 0 Å². The van der Waals surface area contributed by atoms with Crippen LogP contribution in [0.2, 0.25) is 0 Å². The first-order valence-corrected chi connectivity index (χ1v) is 10.6. The van der Waals surface area contributed by atoms with Crippen LogP contribution < -0.4 is 5.73 Å². The second kappa shape index (κ2) is 7.95. The molecule has 3 nitrogen and oxygen atoms in total. The fourth-order valence-electron chi connectivity index (χ4n) is 3.27. The summed E-state index contributed by atoms with van der Waals surface area (Å²) in [6.07, 6.45) is 3.50. The number of likely N-dealkylation sites (tertiary alicyclic amines) is 1. The van der Waals surface area contributed by atoms with Gasteiger partial charge in [0.25, 0.3) is 5.91 Å². The molecule has 0 aromatic heterocycles. The minimum atomic E-state index is 0.158. The topological polar surface area (TPSA) is 46.3 Å². The number of piperidine rings is 1. The lowest BCUT2D eigenvalue weighted by molar-refractivity contribution is 0.0661. The number of hydrogen-bond acceptors (Lipinski definition) is 4. The molecule has 3 rings (SSSR count). The van der Waals surface area contributed by atoms with Crippen LogP contribution in [0.3, 0.4) is 0 Å². The predicted molar refractivity (Wildman–Crippen MR) is 101 cm³/mol. The molecule has 2 aliphatic rings. The zero-order valence-corrected chi connectivity index (χ0v) is 15.4. The van der Waals surface area contributed by atoms with Crippen molar-refractivity contribution in [2.75, 3.05) is 24.6 Å². The summed E-state index contributed by atoms with van der Waals surface area (Å²) in [7, 11) is 0. The normalized spacial score (nSPS) is 24.4. The number of carbonyl (C=O) groups excluding carboxylic acids is 1. The van der Waals surface area contributed by atoms with E-state index in [1.165, 1.54) is 23.5 Å². The van der Waals surface area contributed by atoms with Crippen LogP contribution in [0.4, 0.5) is 0 Å². The third-order valence-electron chi connectivity index (χ3n) is 4.75. The van der Waals surface area contributed by atoms with Crippen LogP contribution in [0, 0.1) is 5.92 Å². The molecule has 0 bridgehead atoms. The van der Waals surface area contributed by atoms with Gasteiger partial charge >= 0.3 is 0 Å². The Morgan fingerprint density at radius 3 is 2.57 bits per heavy atom. The smallest absolute Gasteiger partial charge is 0.253 e. The SMILES string of the molecule is CC(N)C1CCCN(C(=O)c2ccc(C3SCCCS3)cc2)C1. The first kappa shape index (κ1) is 17.2. The Morgan fingerprint density at radius 2 is 1.91 bits per heavy atom. The van der Waals surface area contributed by atoms with E-state index in [4.69, 9.17) is 5.73 Å². The number of hydrogen-bond donors (Lipinski definition) is 1. The molecular formula is C18H26N2OS2. The molecule has 2 atom stereocenters. The van der Waals surface area contributed by atoms with E-state index < -0.39 is 0 Å². The maximum absolute atomic E-state index is 12.7. The van der Waals surface area contributed by atoms with Crippen molar-refractivity contribution in [2.45, 2.75) is 36.8 Å². The van der Waals surface area contributed by atoms with Crippen molar-refractivity contribution in [1.29, 1.82) is 0 Å². The van der Waals surface area contributed by atoms with Crippen molar-refractivity contribution in [2.24, 2.45) is 11.7 Å². The molecule has 2 heterocycles. The Labute approximate surface area is 147 Å². The van der Waals surface area contributed by atoms with Crippen LogP contribution in [-0.4, -0.2) is 41.4 Å². The van der Waals surface area contributed by atoms with Crippen LogP contribution in [-0.2, 0) is 0 Å². The predicted octanol–water partition coefficient (Wildman–Crippen LogP) is 3.75. The monoisotopic (exact) mass is 350 g/mol. The largest absolute Gasteiger partial charge is 0.338 e. The highest BCUT2D eigenvalue weighted by Crippen LogP contribution is 2.43. The molecule has 2 unspecified atom stereocenters. The number of benzene rings is 1. The third kappa shape index (κ3) is 4.25. The quantitative estimate of drug-likeness (QED) is 0.902. The molecule has 23 heavy (non-hydrogen) atoms. The van der Waals surface area contributed by atoms with E-state index >= 15 is 0 Å². The van der Waals surface area contributed by atoms with Crippen LogP contribution in [0.5, 0.6) is 0 Å². The van der Waals surface area contributed by atoms with Gasteiger partial charge < -0.3 is 10.6 Å². The average molecular weight is 351 g/mol. The van der Waals surface area contributed by atoms with Gasteiger partial charge in [0.05, 0.1) is 4.58 Å². The van der Waals surface area contributed by atoms with E-state index in [0.717, 1.165) is 31.5 Å². The number of carbonyl (C=O) groups is 1. The van der Waals surface area contributed by atoms with Gasteiger partial charge in [0, 0.05) is 24.7 Å². The van der Waals surface area contributed by atoms with E-state index in [1.54, 1.807) is 0 Å². The van der Waals surface area contributed by atoms with E-state index in [2.05, 4.69) is 12.1 Å². The summed E-state index contributed by atoms with van der Waals surface area (Å²) >= 11 is 4.03. The zero-order valence-electron chi connectivity index (χ0n) is 13.7. The number of rotatable bonds is 3. The van der Waals surface area contributed by atoms with Crippen LogP contribution in [0.15, 0.2) is 24.3 Å².